The number of nitro benzene ring substituents is 1. The lowest BCUT2D eigenvalue weighted by Gasteiger charge is -2.36. The summed E-state index contributed by atoms with van der Waals surface area (Å²) in [6.07, 6.45) is 0.398. The van der Waals surface area contributed by atoms with E-state index >= 15 is 0 Å². The third-order valence-corrected chi connectivity index (χ3v) is 6.96. The van der Waals surface area contributed by atoms with Gasteiger partial charge in [0.2, 0.25) is 0 Å². The summed E-state index contributed by atoms with van der Waals surface area (Å²) in [5, 5.41) is 21.1. The summed E-state index contributed by atoms with van der Waals surface area (Å²) in [7, 11) is -3.99. The van der Waals surface area contributed by atoms with Crippen molar-refractivity contribution in [3.8, 4) is 0 Å². The monoisotopic (exact) mass is 435 g/mol. The molecule has 9 nitrogen and oxygen atoms in total. The van der Waals surface area contributed by atoms with E-state index in [1.165, 1.54) is 16.4 Å². The molecule has 3 rings (SSSR count). The van der Waals surface area contributed by atoms with Crippen LogP contribution in [0.1, 0.15) is 13.3 Å². The van der Waals surface area contributed by atoms with Crippen LogP contribution >= 0.6 is 0 Å². The maximum Gasteiger partial charge on any atom is 0.293 e. The Balaban J connectivity index is 2.03. The third kappa shape index (κ3) is 4.40. The van der Waals surface area contributed by atoms with E-state index in [4.69, 9.17) is 4.74 Å². The molecule has 1 aliphatic heterocycles. The third-order valence-electron chi connectivity index (χ3n) is 5.06. The molecule has 2 aromatic carbocycles. The van der Waals surface area contributed by atoms with Crippen LogP contribution < -0.4 is 9.21 Å². The van der Waals surface area contributed by atoms with Gasteiger partial charge in [-0.15, -0.1) is 0 Å². The zero-order valence-electron chi connectivity index (χ0n) is 16.7. The van der Waals surface area contributed by atoms with Crippen LogP contribution in [0.25, 0.3) is 0 Å². The Labute approximate surface area is 175 Å². The molecule has 0 amide bonds. The lowest BCUT2D eigenvalue weighted by molar-refractivity contribution is -0.384. The molecule has 30 heavy (non-hydrogen) atoms. The molecule has 1 saturated heterocycles. The topological polar surface area (TPSA) is 113 Å². The fraction of sp³-hybridized carbons (Fsp3) is 0.400. The van der Waals surface area contributed by atoms with Gasteiger partial charge in [0.1, 0.15) is 5.69 Å². The highest BCUT2D eigenvalue weighted by Crippen LogP contribution is 2.35. The summed E-state index contributed by atoms with van der Waals surface area (Å²) in [6.45, 7) is 2.98. The average Bonchev–Trinajstić information content (AvgIpc) is 2.75. The van der Waals surface area contributed by atoms with E-state index in [1.807, 2.05) is 4.90 Å². The number of anilines is 2. The van der Waals surface area contributed by atoms with Crippen molar-refractivity contribution in [3.05, 3.63) is 58.6 Å². The first kappa shape index (κ1) is 22.0. The maximum atomic E-state index is 13.2. The number of aliphatic hydroxyl groups excluding tert-OH is 1. The lowest BCUT2D eigenvalue weighted by atomic mass is 10.1. The number of sulfonamides is 1. The molecule has 1 aliphatic rings. The Morgan fingerprint density at radius 1 is 1.27 bits per heavy atom. The number of aliphatic hydroxyl groups is 1. The van der Waals surface area contributed by atoms with E-state index in [0.29, 0.717) is 37.6 Å². The highest BCUT2D eigenvalue weighted by atomic mass is 32.2. The van der Waals surface area contributed by atoms with Gasteiger partial charge in [0, 0.05) is 25.8 Å². The second-order valence-electron chi connectivity index (χ2n) is 6.85. The van der Waals surface area contributed by atoms with Gasteiger partial charge in [-0.2, -0.15) is 0 Å². The van der Waals surface area contributed by atoms with E-state index in [0.717, 1.165) is 6.07 Å². The van der Waals surface area contributed by atoms with Crippen LogP contribution in [0.15, 0.2) is 53.4 Å². The Morgan fingerprint density at radius 3 is 2.63 bits per heavy atom. The molecule has 0 saturated carbocycles. The summed E-state index contributed by atoms with van der Waals surface area (Å²) in [6, 6.07) is 12.4. The Bertz CT molecular complexity index is 981. The van der Waals surface area contributed by atoms with Crippen molar-refractivity contribution in [2.45, 2.75) is 24.3 Å². The minimum Gasteiger partial charge on any atom is -0.396 e. The Hall–Kier alpha value is -2.69. The predicted molar refractivity (Wildman–Crippen MR) is 113 cm³/mol. The van der Waals surface area contributed by atoms with Crippen LogP contribution in [0.4, 0.5) is 17.1 Å². The van der Waals surface area contributed by atoms with Crippen molar-refractivity contribution in [1.29, 1.82) is 0 Å². The minimum absolute atomic E-state index is 0.0761. The van der Waals surface area contributed by atoms with Crippen molar-refractivity contribution < 1.29 is 23.2 Å². The van der Waals surface area contributed by atoms with Crippen LogP contribution in [-0.2, 0) is 14.8 Å². The van der Waals surface area contributed by atoms with Crippen LogP contribution in [-0.4, -0.2) is 57.4 Å². The summed E-state index contributed by atoms with van der Waals surface area (Å²) in [5.41, 5.74) is 0.524. The Kier molecular flexibility index (Phi) is 6.91. The number of hydrogen-bond donors (Lipinski definition) is 1. The second-order valence-corrected chi connectivity index (χ2v) is 8.71. The first-order chi connectivity index (χ1) is 14.4. The molecule has 0 aromatic heterocycles. The van der Waals surface area contributed by atoms with Crippen LogP contribution in [0.2, 0.25) is 0 Å². The summed E-state index contributed by atoms with van der Waals surface area (Å²) in [4.78, 5) is 12.9. The van der Waals surface area contributed by atoms with Crippen molar-refractivity contribution in [2.24, 2.45) is 0 Å². The lowest BCUT2D eigenvalue weighted by Crippen LogP contribution is -2.46. The van der Waals surface area contributed by atoms with Gasteiger partial charge in [-0.1, -0.05) is 18.2 Å². The molecule has 10 heteroatoms. The number of ether oxygens (including phenoxy) is 1. The molecule has 0 radical (unpaired) electrons. The van der Waals surface area contributed by atoms with Gasteiger partial charge in [-0.05, 0) is 37.6 Å². The quantitative estimate of drug-likeness (QED) is 0.500. The Morgan fingerprint density at radius 2 is 2.00 bits per heavy atom. The van der Waals surface area contributed by atoms with Gasteiger partial charge in [0.15, 0.2) is 0 Å². The van der Waals surface area contributed by atoms with E-state index < -0.39 is 14.9 Å². The highest BCUT2D eigenvalue weighted by molar-refractivity contribution is 7.92. The molecule has 1 N–H and O–H groups in total. The summed E-state index contributed by atoms with van der Waals surface area (Å²) in [5.74, 6) is 0. The molecule has 1 atom stereocenters. The van der Waals surface area contributed by atoms with E-state index in [9.17, 15) is 23.6 Å². The molecule has 0 aliphatic carbocycles. The number of morpholine rings is 1. The van der Waals surface area contributed by atoms with Gasteiger partial charge >= 0.3 is 0 Å². The van der Waals surface area contributed by atoms with Gasteiger partial charge in [0.25, 0.3) is 15.7 Å². The molecule has 1 heterocycles. The van der Waals surface area contributed by atoms with Crippen LogP contribution in [0.3, 0.4) is 0 Å². The predicted octanol–water partition coefficient (Wildman–Crippen LogP) is 2.40. The van der Waals surface area contributed by atoms with E-state index in [1.54, 1.807) is 37.3 Å². The molecule has 1 fully saturated rings. The van der Waals surface area contributed by atoms with Gasteiger partial charge in [-0.25, -0.2) is 8.42 Å². The molecule has 0 bridgehead atoms. The van der Waals surface area contributed by atoms with Crippen molar-refractivity contribution in [2.75, 3.05) is 42.1 Å². The first-order valence-corrected chi connectivity index (χ1v) is 11.2. The standard InChI is InChI=1S/C20H25N3O6S/c1-2-22(16-6-4-3-5-7-16)30(27,28)18-8-9-19(20(14-18)23(25)26)21-11-13-29-15-17(21)10-12-24/h3-9,14,17,24H,2,10-13,15H2,1H3/t17-/m1/s1. The molecule has 0 spiro atoms. The number of rotatable bonds is 8. The molecule has 2 aromatic rings. The van der Waals surface area contributed by atoms with Gasteiger partial charge in [0.05, 0.1) is 34.8 Å². The van der Waals surface area contributed by atoms with Crippen molar-refractivity contribution in [3.63, 3.8) is 0 Å². The zero-order chi connectivity index (χ0) is 21.7. The van der Waals surface area contributed by atoms with Gasteiger partial charge in [-0.3, -0.25) is 14.4 Å². The zero-order valence-corrected chi connectivity index (χ0v) is 17.5. The SMILES string of the molecule is CCN(c1ccccc1)S(=O)(=O)c1ccc(N2CCOC[C@H]2CCO)c([N+](=O)[O-])c1. The first-order valence-electron chi connectivity index (χ1n) is 9.71. The molecular formula is C20H25N3O6S. The van der Waals surface area contributed by atoms with Gasteiger partial charge < -0.3 is 14.7 Å². The number of benzene rings is 2. The van der Waals surface area contributed by atoms with Crippen LogP contribution in [0.5, 0.6) is 0 Å². The fourth-order valence-electron chi connectivity index (χ4n) is 3.63. The van der Waals surface area contributed by atoms with Crippen molar-refractivity contribution >= 4 is 27.1 Å². The number of hydrogen-bond acceptors (Lipinski definition) is 7. The number of nitro groups is 1. The minimum atomic E-state index is -3.99. The summed E-state index contributed by atoms with van der Waals surface area (Å²) >= 11 is 0. The normalized spacial score (nSPS) is 17.0. The highest BCUT2D eigenvalue weighted by Gasteiger charge is 2.31. The molecular weight excluding hydrogens is 410 g/mol. The van der Waals surface area contributed by atoms with E-state index in [-0.39, 0.29) is 29.8 Å². The number of para-hydroxylation sites is 1. The number of nitrogens with zero attached hydrogens (tertiary/aromatic N) is 3. The smallest absolute Gasteiger partial charge is 0.293 e. The van der Waals surface area contributed by atoms with Crippen molar-refractivity contribution in [1.82, 2.24) is 0 Å². The maximum absolute atomic E-state index is 13.2. The largest absolute Gasteiger partial charge is 0.396 e. The molecule has 0 unspecified atom stereocenters. The second kappa shape index (κ2) is 9.41. The molecule has 162 valence electrons. The summed E-state index contributed by atoms with van der Waals surface area (Å²) < 4.78 is 33.1. The van der Waals surface area contributed by atoms with E-state index in [2.05, 4.69) is 0 Å². The fourth-order valence-corrected chi connectivity index (χ4v) is 5.12. The van der Waals surface area contributed by atoms with Crippen LogP contribution in [0, 0.1) is 10.1 Å². The average molecular weight is 436 g/mol.